The zero-order valence-electron chi connectivity index (χ0n) is 17.2. The fourth-order valence-electron chi connectivity index (χ4n) is 3.27. The molecule has 0 saturated carbocycles. The highest BCUT2D eigenvalue weighted by Gasteiger charge is 2.22. The van der Waals surface area contributed by atoms with E-state index in [9.17, 15) is 4.79 Å². The number of aromatic nitrogens is 3. The van der Waals surface area contributed by atoms with Gasteiger partial charge in [0.2, 0.25) is 5.75 Å². The minimum atomic E-state index is -0.192. The smallest absolute Gasteiger partial charge is 0.203 e. The maximum absolute atomic E-state index is 13.7. The lowest BCUT2D eigenvalue weighted by atomic mass is 9.94. The van der Waals surface area contributed by atoms with Crippen molar-refractivity contribution in [3.63, 3.8) is 0 Å². The van der Waals surface area contributed by atoms with E-state index >= 15 is 0 Å². The average molecular weight is 433 g/mol. The van der Waals surface area contributed by atoms with Gasteiger partial charge < -0.3 is 14.2 Å². The number of ether oxygens (including phenoxy) is 3. The molecule has 0 saturated heterocycles. The van der Waals surface area contributed by atoms with Gasteiger partial charge in [0.05, 0.1) is 21.3 Å². The molecular formula is C23H19N3O4S. The largest absolute Gasteiger partial charge is 0.493 e. The van der Waals surface area contributed by atoms with Crippen LogP contribution >= 0.6 is 11.3 Å². The van der Waals surface area contributed by atoms with E-state index in [0.717, 1.165) is 21.7 Å². The summed E-state index contributed by atoms with van der Waals surface area (Å²) in [6.45, 7) is 0. The van der Waals surface area contributed by atoms with Crippen LogP contribution in [0.2, 0.25) is 0 Å². The number of rotatable bonds is 7. The molecule has 0 bridgehead atoms. The lowest BCUT2D eigenvalue weighted by molar-refractivity contribution is 0.103. The van der Waals surface area contributed by atoms with Crippen molar-refractivity contribution in [2.24, 2.45) is 0 Å². The fourth-order valence-corrected chi connectivity index (χ4v) is 3.95. The summed E-state index contributed by atoms with van der Waals surface area (Å²) in [5.41, 5.74) is 3.30. The molecule has 7 nitrogen and oxygen atoms in total. The molecule has 0 aliphatic carbocycles. The number of hydrogen-bond donors (Lipinski definition) is 0. The zero-order chi connectivity index (χ0) is 21.8. The molecule has 0 amide bonds. The fraction of sp³-hybridized carbons (Fsp3) is 0.130. The van der Waals surface area contributed by atoms with Gasteiger partial charge in [0.25, 0.3) is 0 Å². The van der Waals surface area contributed by atoms with E-state index in [1.54, 1.807) is 30.7 Å². The normalized spacial score (nSPS) is 10.5. The molecule has 0 radical (unpaired) electrons. The first kappa shape index (κ1) is 20.5. The number of benzene rings is 2. The van der Waals surface area contributed by atoms with Crippen molar-refractivity contribution in [3.8, 4) is 38.9 Å². The third-order valence-electron chi connectivity index (χ3n) is 4.75. The molecule has 0 fully saturated rings. The number of nitrogens with zero attached hydrogens (tertiary/aromatic N) is 3. The van der Waals surface area contributed by atoms with Gasteiger partial charge in [-0.2, -0.15) is 0 Å². The number of methoxy groups -OCH3 is 3. The molecule has 0 atom stereocenters. The summed E-state index contributed by atoms with van der Waals surface area (Å²) in [6, 6.07) is 8.95. The van der Waals surface area contributed by atoms with Crippen LogP contribution in [0, 0.1) is 0 Å². The molecule has 0 spiro atoms. The molecule has 0 aliphatic heterocycles. The van der Waals surface area contributed by atoms with E-state index < -0.39 is 0 Å². The lowest BCUT2D eigenvalue weighted by Crippen LogP contribution is -2.06. The first-order chi connectivity index (χ1) is 15.2. The summed E-state index contributed by atoms with van der Waals surface area (Å²) in [7, 11) is 4.55. The molecule has 2 aromatic carbocycles. The van der Waals surface area contributed by atoms with Crippen molar-refractivity contribution in [1.29, 1.82) is 0 Å². The average Bonchev–Trinajstić information content (AvgIpc) is 3.37. The van der Waals surface area contributed by atoms with Crippen LogP contribution in [-0.4, -0.2) is 42.1 Å². The molecule has 4 aromatic rings. The third-order valence-corrected chi connectivity index (χ3v) is 5.55. The van der Waals surface area contributed by atoms with E-state index in [1.165, 1.54) is 39.0 Å². The topological polar surface area (TPSA) is 83.4 Å². The van der Waals surface area contributed by atoms with Gasteiger partial charge in [-0.05, 0) is 23.8 Å². The molecular weight excluding hydrogens is 414 g/mol. The second-order valence-corrected chi connectivity index (χ2v) is 7.36. The number of hydrogen-bond acceptors (Lipinski definition) is 8. The summed E-state index contributed by atoms with van der Waals surface area (Å²) in [4.78, 5) is 26.2. The molecule has 2 heterocycles. The summed E-state index contributed by atoms with van der Waals surface area (Å²) in [5.74, 6) is 1.06. The second kappa shape index (κ2) is 8.93. The highest BCUT2D eigenvalue weighted by atomic mass is 32.1. The Morgan fingerprint density at radius 2 is 1.61 bits per heavy atom. The maximum atomic E-state index is 13.7. The molecule has 0 N–H and O–H groups in total. The van der Waals surface area contributed by atoms with Gasteiger partial charge in [-0.15, -0.1) is 11.3 Å². The first-order valence-electron chi connectivity index (χ1n) is 9.30. The van der Waals surface area contributed by atoms with E-state index in [4.69, 9.17) is 14.2 Å². The summed E-state index contributed by atoms with van der Waals surface area (Å²) < 4.78 is 16.2. The van der Waals surface area contributed by atoms with Gasteiger partial charge in [-0.1, -0.05) is 12.1 Å². The molecule has 8 heteroatoms. The summed E-state index contributed by atoms with van der Waals surface area (Å²) in [6.07, 6.45) is 6.60. The van der Waals surface area contributed by atoms with Crippen molar-refractivity contribution >= 4 is 17.1 Å². The highest BCUT2D eigenvalue weighted by molar-refractivity contribution is 7.13. The minimum Gasteiger partial charge on any atom is -0.493 e. The Morgan fingerprint density at radius 3 is 2.19 bits per heavy atom. The molecule has 31 heavy (non-hydrogen) atoms. The van der Waals surface area contributed by atoms with Crippen LogP contribution < -0.4 is 14.2 Å². The number of carbonyl (C=O) groups is 1. The van der Waals surface area contributed by atoms with E-state index in [-0.39, 0.29) is 5.78 Å². The molecule has 0 unspecified atom stereocenters. The number of carbonyl (C=O) groups excluding carboxylic acids is 1. The van der Waals surface area contributed by atoms with Crippen LogP contribution in [0.4, 0.5) is 0 Å². The Kier molecular flexibility index (Phi) is 5.90. The zero-order valence-corrected chi connectivity index (χ0v) is 18.0. The second-order valence-electron chi connectivity index (χ2n) is 6.47. The van der Waals surface area contributed by atoms with Crippen molar-refractivity contribution in [2.45, 2.75) is 0 Å². The van der Waals surface area contributed by atoms with Gasteiger partial charge in [0.1, 0.15) is 11.3 Å². The Bertz CT molecular complexity index is 1190. The van der Waals surface area contributed by atoms with Gasteiger partial charge in [-0.25, -0.2) is 15.0 Å². The maximum Gasteiger partial charge on any atom is 0.203 e. The monoisotopic (exact) mass is 433 g/mol. The van der Waals surface area contributed by atoms with Gasteiger partial charge in [0, 0.05) is 46.2 Å². The standard InChI is InChI=1S/C23H19N3O4S/c1-28-19-9-15(10-20(29-2)22(19)30-3)21(27)18-8-14(16-11-24-13-25-12-16)4-5-17(18)23-26-6-7-31-23/h4-13H,1-3H3. The summed E-state index contributed by atoms with van der Waals surface area (Å²) >= 11 is 1.47. The van der Waals surface area contributed by atoms with Crippen LogP contribution in [0.25, 0.3) is 21.7 Å². The first-order valence-corrected chi connectivity index (χ1v) is 10.2. The highest BCUT2D eigenvalue weighted by Crippen LogP contribution is 2.39. The van der Waals surface area contributed by atoms with Crippen molar-refractivity contribution in [1.82, 2.24) is 15.0 Å². The van der Waals surface area contributed by atoms with E-state index in [2.05, 4.69) is 15.0 Å². The summed E-state index contributed by atoms with van der Waals surface area (Å²) in [5, 5.41) is 2.63. The van der Waals surface area contributed by atoms with Gasteiger partial charge in [-0.3, -0.25) is 4.79 Å². The van der Waals surface area contributed by atoms with E-state index in [0.29, 0.717) is 28.4 Å². The molecule has 0 aliphatic rings. The van der Waals surface area contributed by atoms with E-state index in [1.807, 2.05) is 23.6 Å². The molecule has 2 aromatic heterocycles. The SMILES string of the molecule is COc1cc(C(=O)c2cc(-c3cncnc3)ccc2-c2nccs2)cc(OC)c1OC. The Hall–Kier alpha value is -3.78. The number of ketones is 1. The van der Waals surface area contributed by atoms with Crippen LogP contribution in [0.15, 0.2) is 60.6 Å². The van der Waals surface area contributed by atoms with Crippen molar-refractivity contribution in [2.75, 3.05) is 21.3 Å². The van der Waals surface area contributed by atoms with Crippen LogP contribution in [-0.2, 0) is 0 Å². The quantitative estimate of drug-likeness (QED) is 0.396. The lowest BCUT2D eigenvalue weighted by Gasteiger charge is -2.15. The molecule has 4 rings (SSSR count). The van der Waals surface area contributed by atoms with Crippen LogP contribution in [0.3, 0.4) is 0 Å². The Morgan fingerprint density at radius 1 is 0.903 bits per heavy atom. The third kappa shape index (κ3) is 3.97. The van der Waals surface area contributed by atoms with Crippen LogP contribution in [0.5, 0.6) is 17.2 Å². The number of thiazole rings is 1. The Labute approximate surface area is 183 Å². The minimum absolute atomic E-state index is 0.192. The van der Waals surface area contributed by atoms with Crippen molar-refractivity contribution < 1.29 is 19.0 Å². The Balaban J connectivity index is 1.88. The van der Waals surface area contributed by atoms with Gasteiger partial charge in [0.15, 0.2) is 17.3 Å². The predicted octanol–water partition coefficient (Wildman–Crippen LogP) is 4.52. The molecule has 156 valence electrons. The van der Waals surface area contributed by atoms with Gasteiger partial charge >= 0.3 is 0 Å². The predicted molar refractivity (Wildman–Crippen MR) is 118 cm³/mol. The van der Waals surface area contributed by atoms with Crippen LogP contribution in [0.1, 0.15) is 15.9 Å². The van der Waals surface area contributed by atoms with Crippen molar-refractivity contribution in [3.05, 3.63) is 71.8 Å².